The third kappa shape index (κ3) is 3.22. The van der Waals surface area contributed by atoms with Gasteiger partial charge in [-0.05, 0) is 19.4 Å². The van der Waals surface area contributed by atoms with Gasteiger partial charge in [-0.3, -0.25) is 9.59 Å². The molecule has 0 fully saturated rings. The molecule has 1 atom stereocenters. The Hall–Kier alpha value is -1.20. The predicted molar refractivity (Wildman–Crippen MR) is 73.8 cm³/mol. The van der Waals surface area contributed by atoms with E-state index in [2.05, 4.69) is 5.32 Å². The van der Waals surface area contributed by atoms with E-state index in [1.165, 1.54) is 10.6 Å². The van der Waals surface area contributed by atoms with Crippen molar-refractivity contribution < 1.29 is 14.7 Å². The number of halogens is 2. The molecule has 0 saturated carbocycles. The number of aromatic nitrogens is 1. The Labute approximate surface area is 121 Å². The molecule has 0 aromatic carbocycles. The van der Waals surface area contributed by atoms with Gasteiger partial charge in [-0.15, -0.1) is 0 Å². The Bertz CT molecular complexity index is 513. The van der Waals surface area contributed by atoms with Crippen molar-refractivity contribution in [2.24, 2.45) is 12.5 Å². The van der Waals surface area contributed by atoms with E-state index in [1.807, 2.05) is 0 Å². The van der Waals surface area contributed by atoms with Crippen molar-refractivity contribution in [2.75, 3.05) is 6.54 Å². The molecule has 1 unspecified atom stereocenters. The van der Waals surface area contributed by atoms with Gasteiger partial charge in [0.1, 0.15) is 10.8 Å². The molecule has 5 nitrogen and oxygen atoms in total. The fourth-order valence-corrected chi connectivity index (χ4v) is 1.85. The number of nitrogens with zero attached hydrogens (tertiary/aromatic N) is 1. The Morgan fingerprint density at radius 2 is 2.05 bits per heavy atom. The number of nitrogens with one attached hydrogen (secondary N) is 1. The maximum atomic E-state index is 12.0. The van der Waals surface area contributed by atoms with E-state index in [1.54, 1.807) is 20.9 Å². The number of rotatable bonds is 5. The average Bonchev–Trinajstić information content (AvgIpc) is 2.63. The number of carboxylic acids is 1. The zero-order valence-corrected chi connectivity index (χ0v) is 12.5. The summed E-state index contributed by atoms with van der Waals surface area (Å²) in [4.78, 5) is 23.1. The summed E-state index contributed by atoms with van der Waals surface area (Å²) < 4.78 is 1.45. The molecule has 1 aromatic heterocycles. The lowest BCUT2D eigenvalue weighted by molar-refractivity contribution is -0.147. The van der Waals surface area contributed by atoms with Gasteiger partial charge in [0.25, 0.3) is 5.91 Å². The van der Waals surface area contributed by atoms with Gasteiger partial charge < -0.3 is 15.0 Å². The highest BCUT2D eigenvalue weighted by molar-refractivity contribution is 6.41. The molecule has 7 heteroatoms. The second-order valence-electron chi connectivity index (χ2n) is 4.63. The van der Waals surface area contributed by atoms with Gasteiger partial charge >= 0.3 is 5.97 Å². The van der Waals surface area contributed by atoms with Crippen molar-refractivity contribution in [3.05, 3.63) is 21.9 Å². The van der Waals surface area contributed by atoms with Gasteiger partial charge in [-0.25, -0.2) is 0 Å². The zero-order chi connectivity index (χ0) is 14.8. The van der Waals surface area contributed by atoms with Crippen molar-refractivity contribution in [3.8, 4) is 0 Å². The zero-order valence-electron chi connectivity index (χ0n) is 11.0. The van der Waals surface area contributed by atoms with Gasteiger partial charge in [0.15, 0.2) is 0 Å². The highest BCUT2D eigenvalue weighted by atomic mass is 35.5. The van der Waals surface area contributed by atoms with Gasteiger partial charge in [-0.1, -0.05) is 30.1 Å². The van der Waals surface area contributed by atoms with E-state index >= 15 is 0 Å². The number of amides is 1. The molecule has 19 heavy (non-hydrogen) atoms. The molecule has 0 spiro atoms. The quantitative estimate of drug-likeness (QED) is 0.878. The molecule has 2 N–H and O–H groups in total. The van der Waals surface area contributed by atoms with E-state index in [0.29, 0.717) is 12.1 Å². The average molecular weight is 307 g/mol. The van der Waals surface area contributed by atoms with Crippen molar-refractivity contribution >= 4 is 35.1 Å². The standard InChI is InChI=1S/C12H16Cl2N2O3/c1-4-12(2,11(18)19)6-15-10(17)8-5-7(13)9(14)16(8)3/h5H,4,6H2,1-3H3,(H,15,17)(H,18,19). The molecule has 1 heterocycles. The molecule has 106 valence electrons. The first-order valence-electron chi connectivity index (χ1n) is 5.75. The van der Waals surface area contributed by atoms with Crippen LogP contribution in [0.25, 0.3) is 0 Å². The second-order valence-corrected chi connectivity index (χ2v) is 5.39. The van der Waals surface area contributed by atoms with Crippen LogP contribution in [0.2, 0.25) is 10.2 Å². The molecule has 1 rings (SSSR count). The summed E-state index contributed by atoms with van der Waals surface area (Å²) in [7, 11) is 1.61. The molecular formula is C12H16Cl2N2O3. The lowest BCUT2D eigenvalue weighted by atomic mass is 9.88. The molecule has 0 bridgehead atoms. The minimum absolute atomic E-state index is 0.0398. The maximum Gasteiger partial charge on any atom is 0.311 e. The monoisotopic (exact) mass is 306 g/mol. The van der Waals surface area contributed by atoms with E-state index in [-0.39, 0.29) is 16.7 Å². The molecule has 0 aliphatic heterocycles. The van der Waals surface area contributed by atoms with E-state index in [9.17, 15) is 9.59 Å². The topological polar surface area (TPSA) is 71.3 Å². The van der Waals surface area contributed by atoms with Gasteiger partial charge in [0.2, 0.25) is 0 Å². The summed E-state index contributed by atoms with van der Waals surface area (Å²) >= 11 is 11.7. The van der Waals surface area contributed by atoms with Crippen LogP contribution in [0.5, 0.6) is 0 Å². The first-order valence-corrected chi connectivity index (χ1v) is 6.51. The number of carbonyl (C=O) groups is 2. The number of hydrogen-bond acceptors (Lipinski definition) is 2. The van der Waals surface area contributed by atoms with E-state index < -0.39 is 17.3 Å². The number of aliphatic carboxylic acids is 1. The number of carboxylic acid groups (broad SMARTS) is 1. The third-order valence-electron chi connectivity index (χ3n) is 3.28. The fraction of sp³-hybridized carbons (Fsp3) is 0.500. The SMILES string of the molecule is CCC(C)(CNC(=O)c1cc(Cl)c(Cl)n1C)C(=O)O. The molecule has 0 radical (unpaired) electrons. The van der Waals surface area contributed by atoms with Crippen LogP contribution in [-0.4, -0.2) is 28.1 Å². The van der Waals surface area contributed by atoms with Crippen molar-refractivity contribution in [1.29, 1.82) is 0 Å². The van der Waals surface area contributed by atoms with Crippen molar-refractivity contribution in [2.45, 2.75) is 20.3 Å². The van der Waals surface area contributed by atoms with Crippen LogP contribution >= 0.6 is 23.2 Å². The third-order valence-corrected chi connectivity index (χ3v) is 4.13. The van der Waals surface area contributed by atoms with E-state index in [0.717, 1.165) is 0 Å². The lowest BCUT2D eigenvalue weighted by Crippen LogP contribution is -2.41. The highest BCUT2D eigenvalue weighted by Crippen LogP contribution is 2.25. The maximum absolute atomic E-state index is 12.0. The van der Waals surface area contributed by atoms with Gasteiger partial charge in [0, 0.05) is 13.6 Å². The summed E-state index contributed by atoms with van der Waals surface area (Å²) in [5.74, 6) is -1.35. The van der Waals surface area contributed by atoms with Crippen LogP contribution in [0.4, 0.5) is 0 Å². The normalized spacial score (nSPS) is 13.9. The molecule has 0 aliphatic rings. The highest BCUT2D eigenvalue weighted by Gasteiger charge is 2.31. The molecule has 0 aliphatic carbocycles. The smallest absolute Gasteiger partial charge is 0.311 e. The van der Waals surface area contributed by atoms with Crippen LogP contribution in [-0.2, 0) is 11.8 Å². The minimum atomic E-state index is -0.992. The second kappa shape index (κ2) is 5.84. The van der Waals surface area contributed by atoms with E-state index in [4.69, 9.17) is 28.3 Å². The van der Waals surface area contributed by atoms with Crippen LogP contribution in [0, 0.1) is 5.41 Å². The van der Waals surface area contributed by atoms with Crippen LogP contribution in [0.3, 0.4) is 0 Å². The van der Waals surface area contributed by atoms with Crippen molar-refractivity contribution in [1.82, 2.24) is 9.88 Å². The largest absolute Gasteiger partial charge is 0.481 e. The number of hydrogen-bond donors (Lipinski definition) is 2. The molecule has 0 saturated heterocycles. The Morgan fingerprint density at radius 1 is 1.47 bits per heavy atom. The number of carbonyl (C=O) groups excluding carboxylic acids is 1. The van der Waals surface area contributed by atoms with Crippen molar-refractivity contribution in [3.63, 3.8) is 0 Å². The summed E-state index contributed by atoms with van der Waals surface area (Å²) in [5, 5.41) is 12.3. The minimum Gasteiger partial charge on any atom is -0.481 e. The van der Waals surface area contributed by atoms with Crippen LogP contribution in [0.1, 0.15) is 30.8 Å². The van der Waals surface area contributed by atoms with Crippen LogP contribution < -0.4 is 5.32 Å². The first-order chi connectivity index (χ1) is 8.73. The van der Waals surface area contributed by atoms with Gasteiger partial charge in [-0.2, -0.15) is 0 Å². The predicted octanol–water partition coefficient (Wildman–Crippen LogP) is 2.56. The van der Waals surface area contributed by atoms with Gasteiger partial charge in [0.05, 0.1) is 10.4 Å². The summed E-state index contributed by atoms with van der Waals surface area (Å²) in [6.45, 7) is 3.38. The summed E-state index contributed by atoms with van der Waals surface area (Å²) in [6, 6.07) is 1.45. The Kier molecular flexibility index (Phi) is 4.87. The van der Waals surface area contributed by atoms with Crippen LogP contribution in [0.15, 0.2) is 6.07 Å². The molecular weight excluding hydrogens is 291 g/mol. The molecule has 1 aromatic rings. The summed E-state index contributed by atoms with van der Waals surface area (Å²) in [6.07, 6.45) is 0.414. The Morgan fingerprint density at radius 3 is 2.42 bits per heavy atom. The fourth-order valence-electron chi connectivity index (χ4n) is 1.48. The first kappa shape index (κ1) is 15.9. The molecule has 1 amide bonds. The Balaban J connectivity index is 2.81. The lowest BCUT2D eigenvalue weighted by Gasteiger charge is -2.23. The summed E-state index contributed by atoms with van der Waals surface area (Å²) in [5.41, 5.74) is -0.701.